The smallest absolute Gasteiger partial charge is 0.254 e. The minimum absolute atomic E-state index is 0.158. The third-order valence-electron chi connectivity index (χ3n) is 5.92. The molecule has 2 aromatic carbocycles. The van der Waals surface area contributed by atoms with Crippen LogP contribution in [-0.2, 0) is 13.1 Å². The highest BCUT2D eigenvalue weighted by atomic mass is 19.1. The molecular weight excluding hydrogens is 383 g/mol. The van der Waals surface area contributed by atoms with Crippen molar-refractivity contribution in [3.05, 3.63) is 58.9 Å². The maximum atomic E-state index is 14.5. The van der Waals surface area contributed by atoms with Crippen molar-refractivity contribution in [2.75, 3.05) is 26.3 Å². The lowest BCUT2D eigenvalue weighted by atomic mass is 10.0. The highest BCUT2D eigenvalue weighted by Gasteiger charge is 2.34. The highest BCUT2D eigenvalue weighted by molar-refractivity contribution is 5.98. The molecule has 0 aromatic heterocycles. The van der Waals surface area contributed by atoms with Crippen LogP contribution in [0.25, 0.3) is 0 Å². The average Bonchev–Trinajstić information content (AvgIpc) is 3.09. The predicted molar refractivity (Wildman–Crippen MR) is 113 cm³/mol. The number of nitrogens with zero attached hydrogens (tertiary/aromatic N) is 2. The second-order valence-corrected chi connectivity index (χ2v) is 7.87. The van der Waals surface area contributed by atoms with Crippen LogP contribution >= 0.6 is 0 Å². The van der Waals surface area contributed by atoms with Crippen LogP contribution in [0.3, 0.4) is 0 Å². The summed E-state index contributed by atoms with van der Waals surface area (Å²) in [7, 11) is 0. The van der Waals surface area contributed by atoms with Gasteiger partial charge in [-0.2, -0.15) is 4.39 Å². The molecule has 1 saturated heterocycles. The van der Waals surface area contributed by atoms with Crippen molar-refractivity contribution in [2.24, 2.45) is 0 Å². The summed E-state index contributed by atoms with van der Waals surface area (Å²) in [5.41, 5.74) is 2.95. The number of benzene rings is 2. The van der Waals surface area contributed by atoms with E-state index in [4.69, 9.17) is 9.47 Å². The number of hydrogen-bond acceptors (Lipinski definition) is 4. The summed E-state index contributed by atoms with van der Waals surface area (Å²) >= 11 is 0. The second-order valence-electron chi connectivity index (χ2n) is 7.87. The van der Waals surface area contributed by atoms with Gasteiger partial charge in [-0.25, -0.2) is 0 Å². The molecule has 6 heteroatoms. The van der Waals surface area contributed by atoms with Gasteiger partial charge in [0.25, 0.3) is 5.91 Å². The Hall–Kier alpha value is -2.60. The van der Waals surface area contributed by atoms with Crippen LogP contribution in [0.15, 0.2) is 36.4 Å². The molecule has 0 aliphatic carbocycles. The Balaban J connectivity index is 1.39. The van der Waals surface area contributed by atoms with Crippen LogP contribution in [0.4, 0.5) is 4.39 Å². The number of carbonyl (C=O) groups is 1. The third-order valence-corrected chi connectivity index (χ3v) is 5.92. The molecule has 2 aromatic rings. The lowest BCUT2D eigenvalue weighted by molar-refractivity contribution is 0.0590. The van der Waals surface area contributed by atoms with E-state index in [2.05, 4.69) is 4.90 Å². The maximum absolute atomic E-state index is 14.5. The molecule has 0 spiro atoms. The van der Waals surface area contributed by atoms with Crippen LogP contribution in [0, 0.1) is 5.82 Å². The van der Waals surface area contributed by atoms with Crippen LogP contribution in [-0.4, -0.2) is 48.1 Å². The van der Waals surface area contributed by atoms with Crippen molar-refractivity contribution in [2.45, 2.75) is 45.8 Å². The molecule has 5 nitrogen and oxygen atoms in total. The fourth-order valence-corrected chi connectivity index (χ4v) is 4.46. The van der Waals surface area contributed by atoms with Crippen LogP contribution < -0.4 is 9.47 Å². The summed E-state index contributed by atoms with van der Waals surface area (Å²) in [4.78, 5) is 17.1. The molecule has 0 atom stereocenters. The van der Waals surface area contributed by atoms with Gasteiger partial charge in [-0.15, -0.1) is 0 Å². The molecule has 2 aliphatic heterocycles. The summed E-state index contributed by atoms with van der Waals surface area (Å²) in [5, 5.41) is 0. The number of piperidine rings is 1. The van der Waals surface area contributed by atoms with E-state index >= 15 is 0 Å². The Labute approximate surface area is 177 Å². The van der Waals surface area contributed by atoms with Crippen molar-refractivity contribution >= 4 is 5.91 Å². The van der Waals surface area contributed by atoms with Crippen molar-refractivity contribution in [1.82, 2.24) is 9.80 Å². The molecule has 0 saturated carbocycles. The van der Waals surface area contributed by atoms with Gasteiger partial charge in [-0.1, -0.05) is 18.2 Å². The van der Waals surface area contributed by atoms with Gasteiger partial charge in [-0.05, 0) is 56.0 Å². The van der Waals surface area contributed by atoms with E-state index in [1.165, 1.54) is 0 Å². The van der Waals surface area contributed by atoms with Crippen molar-refractivity contribution in [3.8, 4) is 11.5 Å². The quantitative estimate of drug-likeness (QED) is 0.682. The molecule has 0 bridgehead atoms. The number of rotatable bonds is 7. The zero-order valence-electron chi connectivity index (χ0n) is 17.7. The first kappa shape index (κ1) is 20.7. The zero-order valence-corrected chi connectivity index (χ0v) is 17.7. The second kappa shape index (κ2) is 9.04. The Bertz CT molecular complexity index is 882. The number of hydrogen-bond donors (Lipinski definition) is 0. The molecule has 0 N–H and O–H groups in total. The zero-order chi connectivity index (χ0) is 21.1. The normalized spacial score (nSPS) is 17.3. The van der Waals surface area contributed by atoms with Crippen molar-refractivity contribution in [3.63, 3.8) is 0 Å². The van der Waals surface area contributed by atoms with E-state index < -0.39 is 5.82 Å². The lowest BCUT2D eigenvalue weighted by Gasteiger charge is -2.36. The Morgan fingerprint density at radius 1 is 1.03 bits per heavy atom. The fourth-order valence-electron chi connectivity index (χ4n) is 4.46. The number of amides is 1. The highest BCUT2D eigenvalue weighted by Crippen LogP contribution is 2.31. The molecule has 1 fully saturated rings. The molecule has 4 rings (SSSR count). The summed E-state index contributed by atoms with van der Waals surface area (Å²) < 4.78 is 25.4. The Morgan fingerprint density at radius 3 is 2.27 bits per heavy atom. The Morgan fingerprint density at radius 2 is 1.67 bits per heavy atom. The first-order valence-corrected chi connectivity index (χ1v) is 10.8. The minimum Gasteiger partial charge on any atom is -0.491 e. The van der Waals surface area contributed by atoms with Crippen LogP contribution in [0.5, 0.6) is 11.5 Å². The topological polar surface area (TPSA) is 42.0 Å². The van der Waals surface area contributed by atoms with Crippen LogP contribution in [0.2, 0.25) is 0 Å². The summed E-state index contributed by atoms with van der Waals surface area (Å²) in [6.07, 6.45) is 1.88. The lowest BCUT2D eigenvalue weighted by Crippen LogP contribution is -2.44. The molecule has 30 heavy (non-hydrogen) atoms. The summed E-state index contributed by atoms with van der Waals surface area (Å²) in [5.74, 6) is 0.209. The molecule has 0 radical (unpaired) electrons. The van der Waals surface area contributed by atoms with E-state index in [1.54, 1.807) is 12.1 Å². The van der Waals surface area contributed by atoms with E-state index in [0.29, 0.717) is 26.3 Å². The molecule has 160 valence electrons. The first-order chi connectivity index (χ1) is 14.6. The maximum Gasteiger partial charge on any atom is 0.254 e. The van der Waals surface area contributed by atoms with Gasteiger partial charge in [0.15, 0.2) is 11.5 Å². The van der Waals surface area contributed by atoms with Gasteiger partial charge >= 0.3 is 0 Å². The summed E-state index contributed by atoms with van der Waals surface area (Å²) in [6, 6.07) is 11.7. The number of ether oxygens (including phenoxy) is 2. The number of carbonyl (C=O) groups excluding carboxylic acids is 1. The largest absolute Gasteiger partial charge is 0.491 e. The van der Waals surface area contributed by atoms with Gasteiger partial charge in [0, 0.05) is 37.8 Å². The minimum atomic E-state index is -0.437. The SMILES string of the molecule is CCOc1cc(CN2CCC(N3Cc4ccccc4C3=O)CC2)cc(OCC)c1F. The first-order valence-electron chi connectivity index (χ1n) is 10.8. The fraction of sp³-hybridized carbons (Fsp3) is 0.458. The average molecular weight is 413 g/mol. The molecular formula is C24H29FN2O3. The van der Waals surface area contributed by atoms with Crippen LogP contribution in [0.1, 0.15) is 48.2 Å². The van der Waals surface area contributed by atoms with Gasteiger partial charge in [0.2, 0.25) is 5.82 Å². The van der Waals surface area contributed by atoms with Gasteiger partial charge in [0.05, 0.1) is 13.2 Å². The van der Waals surface area contributed by atoms with E-state index in [9.17, 15) is 9.18 Å². The number of likely N-dealkylation sites (tertiary alicyclic amines) is 1. The predicted octanol–water partition coefficient (Wildman–Crippen LogP) is 4.24. The van der Waals surface area contributed by atoms with Gasteiger partial charge in [-0.3, -0.25) is 9.69 Å². The molecule has 2 heterocycles. The third kappa shape index (κ3) is 4.15. The van der Waals surface area contributed by atoms with Crippen molar-refractivity contribution < 1.29 is 18.7 Å². The van der Waals surface area contributed by atoms with Crippen molar-refractivity contribution in [1.29, 1.82) is 0 Å². The monoisotopic (exact) mass is 412 g/mol. The molecule has 0 unspecified atom stereocenters. The standard InChI is InChI=1S/C24H29FN2O3/c1-3-29-21-13-17(14-22(23(21)25)30-4-2)15-26-11-9-19(10-12-26)27-16-18-7-5-6-8-20(18)24(27)28/h5-8,13-14,19H,3-4,9-12,15-16H2,1-2H3. The number of halogens is 1. The van der Waals surface area contributed by atoms with Gasteiger partial charge in [0.1, 0.15) is 0 Å². The summed E-state index contributed by atoms with van der Waals surface area (Å²) in [6.45, 7) is 7.72. The number of fused-ring (bicyclic) bond motifs is 1. The van der Waals surface area contributed by atoms with E-state index in [-0.39, 0.29) is 23.4 Å². The molecule has 2 aliphatic rings. The van der Waals surface area contributed by atoms with E-state index in [1.807, 2.05) is 43.0 Å². The van der Waals surface area contributed by atoms with E-state index in [0.717, 1.165) is 42.6 Å². The molecule has 1 amide bonds. The van der Waals surface area contributed by atoms with Gasteiger partial charge < -0.3 is 14.4 Å². The Kier molecular flexibility index (Phi) is 6.23.